The molecule has 3 fully saturated rings. The Balaban J connectivity index is 1.19. The van der Waals surface area contributed by atoms with Crippen LogP contribution in [0.3, 0.4) is 0 Å². The molecular weight excluding hydrogens is 523 g/mol. The van der Waals surface area contributed by atoms with Crippen LogP contribution in [-0.4, -0.2) is 57.1 Å². The minimum absolute atomic E-state index is 0.0871. The number of benzene rings is 1. The van der Waals surface area contributed by atoms with Crippen molar-refractivity contribution in [1.29, 1.82) is 0 Å². The van der Waals surface area contributed by atoms with Crippen molar-refractivity contribution in [3.63, 3.8) is 0 Å². The van der Waals surface area contributed by atoms with Gasteiger partial charge in [0.05, 0.1) is 24.0 Å². The lowest BCUT2D eigenvalue weighted by Gasteiger charge is -2.39. The molecule has 3 aromatic rings. The Kier molecular flexibility index (Phi) is 6.45. The van der Waals surface area contributed by atoms with Gasteiger partial charge in [0.25, 0.3) is 0 Å². The number of anilines is 2. The fraction of sp³-hybridized carbons (Fsp3) is 0.520. The molecule has 1 N–H and O–H groups in total. The summed E-state index contributed by atoms with van der Waals surface area (Å²) in [5, 5.41) is 16.0. The van der Waals surface area contributed by atoms with E-state index in [1.54, 1.807) is 13.3 Å². The summed E-state index contributed by atoms with van der Waals surface area (Å²) < 4.78 is 53.2. The molecule has 0 unspecified atom stereocenters. The second-order valence-corrected chi connectivity index (χ2v) is 10.7. The van der Waals surface area contributed by atoms with Gasteiger partial charge in [-0.3, -0.25) is 0 Å². The maximum absolute atomic E-state index is 13.6. The molecule has 3 atom stereocenters. The SMILES string of the molecule is COc1cc(N2C[C@H]3CC[C@@H](C2)[C@@H]3Nc2nc(Oc3ccc(F)c(Cl)c3)n(CC3CC(F)(F)C3)n2)cnn1. The third-order valence-corrected chi connectivity index (χ3v) is 7.95. The van der Waals surface area contributed by atoms with Crippen molar-refractivity contribution < 1.29 is 22.6 Å². The topological polar surface area (TPSA) is 90.2 Å². The van der Waals surface area contributed by atoms with Crippen LogP contribution >= 0.6 is 11.6 Å². The largest absolute Gasteiger partial charge is 0.480 e. The number of nitrogens with zero attached hydrogens (tertiary/aromatic N) is 6. The third kappa shape index (κ3) is 5.05. The Morgan fingerprint density at radius 2 is 1.92 bits per heavy atom. The van der Waals surface area contributed by atoms with Crippen LogP contribution in [0.2, 0.25) is 5.02 Å². The number of rotatable bonds is 8. The van der Waals surface area contributed by atoms with E-state index in [4.69, 9.17) is 21.1 Å². The summed E-state index contributed by atoms with van der Waals surface area (Å²) in [6.07, 6.45) is 3.46. The van der Waals surface area contributed by atoms with Gasteiger partial charge in [-0.05, 0) is 42.7 Å². The molecule has 6 rings (SSSR count). The Labute approximate surface area is 222 Å². The van der Waals surface area contributed by atoms with E-state index in [2.05, 4.69) is 30.5 Å². The smallest absolute Gasteiger partial charge is 0.322 e. The number of nitrogens with one attached hydrogen (secondary N) is 1. The lowest BCUT2D eigenvalue weighted by atomic mass is 9.81. The van der Waals surface area contributed by atoms with Gasteiger partial charge >= 0.3 is 6.01 Å². The molecule has 1 aromatic carbocycles. The van der Waals surface area contributed by atoms with E-state index in [0.717, 1.165) is 31.6 Å². The summed E-state index contributed by atoms with van der Waals surface area (Å²) in [6.45, 7) is 1.91. The molecule has 3 heterocycles. The molecule has 202 valence electrons. The minimum atomic E-state index is -2.64. The maximum atomic E-state index is 13.6. The predicted molar refractivity (Wildman–Crippen MR) is 134 cm³/mol. The summed E-state index contributed by atoms with van der Waals surface area (Å²) in [5.74, 6) is -1.60. The molecule has 9 nitrogen and oxygen atoms in total. The van der Waals surface area contributed by atoms with E-state index < -0.39 is 11.7 Å². The van der Waals surface area contributed by atoms with E-state index in [0.29, 0.717) is 23.7 Å². The average Bonchev–Trinajstić information content (AvgIpc) is 3.34. The maximum Gasteiger partial charge on any atom is 0.322 e. The van der Waals surface area contributed by atoms with E-state index in [-0.39, 0.29) is 48.1 Å². The number of fused-ring (bicyclic) bond motifs is 2. The van der Waals surface area contributed by atoms with Crippen molar-refractivity contribution in [3.05, 3.63) is 41.3 Å². The molecule has 38 heavy (non-hydrogen) atoms. The van der Waals surface area contributed by atoms with E-state index >= 15 is 0 Å². The van der Waals surface area contributed by atoms with Crippen molar-refractivity contribution in [2.75, 3.05) is 30.4 Å². The summed E-state index contributed by atoms with van der Waals surface area (Å²) in [6, 6.07) is 6.16. The van der Waals surface area contributed by atoms with Gasteiger partial charge in [0, 0.05) is 50.7 Å². The number of piperidine rings is 1. The highest BCUT2D eigenvalue weighted by atomic mass is 35.5. The molecule has 1 aliphatic heterocycles. The van der Waals surface area contributed by atoms with Crippen LogP contribution in [0.1, 0.15) is 25.7 Å². The second kappa shape index (κ2) is 9.79. The van der Waals surface area contributed by atoms with Gasteiger partial charge < -0.3 is 19.7 Å². The Hall–Kier alpha value is -3.28. The summed E-state index contributed by atoms with van der Waals surface area (Å²) >= 11 is 5.90. The van der Waals surface area contributed by atoms with Gasteiger partial charge in [0.15, 0.2) is 0 Å². The number of halogens is 4. The predicted octanol–water partition coefficient (Wildman–Crippen LogP) is 5.03. The highest BCUT2D eigenvalue weighted by Gasteiger charge is 2.46. The van der Waals surface area contributed by atoms with Gasteiger partial charge in [0.1, 0.15) is 11.6 Å². The zero-order chi connectivity index (χ0) is 26.4. The summed E-state index contributed by atoms with van der Waals surface area (Å²) in [7, 11) is 1.57. The molecule has 3 aliphatic rings. The van der Waals surface area contributed by atoms with Crippen LogP contribution in [0, 0.1) is 23.6 Å². The lowest BCUT2D eigenvalue weighted by molar-refractivity contribution is -0.115. The zero-order valence-electron chi connectivity index (χ0n) is 20.7. The van der Waals surface area contributed by atoms with Crippen LogP contribution in [0.25, 0.3) is 0 Å². The highest BCUT2D eigenvalue weighted by molar-refractivity contribution is 6.30. The molecule has 1 saturated heterocycles. The first-order chi connectivity index (χ1) is 18.3. The van der Waals surface area contributed by atoms with Crippen molar-refractivity contribution in [1.82, 2.24) is 25.0 Å². The Bertz CT molecular complexity index is 1300. The Morgan fingerprint density at radius 1 is 1.16 bits per heavy atom. The summed E-state index contributed by atoms with van der Waals surface area (Å²) in [5.41, 5.74) is 0.973. The van der Waals surface area contributed by atoms with Crippen molar-refractivity contribution in [3.8, 4) is 17.6 Å². The van der Waals surface area contributed by atoms with Gasteiger partial charge in [-0.15, -0.1) is 10.2 Å². The molecule has 2 saturated carbocycles. The van der Waals surface area contributed by atoms with Crippen LogP contribution < -0.4 is 19.7 Å². The Morgan fingerprint density at radius 3 is 2.61 bits per heavy atom. The van der Waals surface area contributed by atoms with Crippen molar-refractivity contribution >= 4 is 23.2 Å². The van der Waals surface area contributed by atoms with Crippen LogP contribution in [0.15, 0.2) is 30.5 Å². The zero-order valence-corrected chi connectivity index (χ0v) is 21.4. The fourth-order valence-corrected chi connectivity index (χ4v) is 5.99. The van der Waals surface area contributed by atoms with Crippen molar-refractivity contribution in [2.45, 2.75) is 44.2 Å². The number of aromatic nitrogens is 5. The first-order valence-corrected chi connectivity index (χ1v) is 13.0. The molecule has 0 spiro atoms. The van der Waals surface area contributed by atoms with Gasteiger partial charge in [-0.1, -0.05) is 11.6 Å². The first kappa shape index (κ1) is 25.0. The van der Waals surface area contributed by atoms with E-state index in [9.17, 15) is 13.2 Å². The van der Waals surface area contributed by atoms with Crippen LogP contribution in [0.5, 0.6) is 17.6 Å². The van der Waals surface area contributed by atoms with Gasteiger partial charge in [0.2, 0.25) is 17.8 Å². The molecule has 2 aliphatic carbocycles. The summed E-state index contributed by atoms with van der Waals surface area (Å²) in [4.78, 5) is 6.84. The third-order valence-electron chi connectivity index (χ3n) is 7.67. The van der Waals surface area contributed by atoms with E-state index in [1.807, 2.05) is 6.07 Å². The minimum Gasteiger partial charge on any atom is -0.480 e. The normalized spacial score (nSPS) is 24.2. The fourth-order valence-electron chi connectivity index (χ4n) is 5.82. The first-order valence-electron chi connectivity index (χ1n) is 12.6. The van der Waals surface area contributed by atoms with Crippen LogP contribution in [0.4, 0.5) is 24.8 Å². The quantitative estimate of drug-likeness (QED) is 0.418. The number of alkyl halides is 2. The molecule has 0 radical (unpaired) electrons. The highest BCUT2D eigenvalue weighted by Crippen LogP contribution is 2.44. The molecule has 2 bridgehead atoms. The van der Waals surface area contributed by atoms with E-state index in [1.165, 1.54) is 22.9 Å². The molecule has 13 heteroatoms. The number of ether oxygens (including phenoxy) is 2. The van der Waals surface area contributed by atoms with Crippen LogP contribution in [-0.2, 0) is 6.54 Å². The molecular formula is C25H27ClF3N7O2. The van der Waals surface area contributed by atoms with Gasteiger partial charge in [-0.25, -0.2) is 17.9 Å². The molecule has 0 amide bonds. The number of hydrogen-bond donors (Lipinski definition) is 1. The number of hydrogen-bond acceptors (Lipinski definition) is 8. The average molecular weight is 550 g/mol. The molecule has 2 aromatic heterocycles. The lowest BCUT2D eigenvalue weighted by Crippen LogP contribution is -2.48. The second-order valence-electron chi connectivity index (χ2n) is 10.3. The van der Waals surface area contributed by atoms with Crippen molar-refractivity contribution in [2.24, 2.45) is 17.8 Å². The standard InChI is InChI=1S/C25H27ClF3N7O2/c1-37-21-6-17(10-30-33-21)35-12-15-2-3-16(13-35)22(15)31-23-32-24(38-18-4-5-20(27)19(26)7-18)36(34-23)11-14-8-25(28,29)9-14/h4-7,10,14-16,22H,2-3,8-9,11-13H2,1H3,(H,31,34)/t15-,16+,22-. The van der Waals surface area contributed by atoms with Gasteiger partial charge in [-0.2, -0.15) is 10.1 Å². The number of methoxy groups -OCH3 is 1. The monoisotopic (exact) mass is 549 g/mol.